The van der Waals surface area contributed by atoms with Crippen molar-refractivity contribution in [3.63, 3.8) is 0 Å². The van der Waals surface area contributed by atoms with Gasteiger partial charge in [0.1, 0.15) is 11.8 Å². The van der Waals surface area contributed by atoms with E-state index < -0.39 is 0 Å². The Morgan fingerprint density at radius 3 is 2.77 bits per heavy atom. The third-order valence-corrected chi connectivity index (χ3v) is 4.60. The average Bonchev–Trinajstić information content (AvgIpc) is 3.19. The Hall–Kier alpha value is -4.45. The molecule has 0 radical (unpaired) electrons. The molecule has 1 amide bonds. The molecular formula is C21H17N7O2. The van der Waals surface area contributed by atoms with Crippen LogP contribution in [0.5, 0.6) is 5.88 Å². The van der Waals surface area contributed by atoms with Crippen LogP contribution in [0.2, 0.25) is 0 Å². The summed E-state index contributed by atoms with van der Waals surface area (Å²) in [5, 5.41) is 16.0. The highest BCUT2D eigenvalue weighted by Crippen LogP contribution is 2.29. The molecule has 0 aliphatic rings. The highest BCUT2D eigenvalue weighted by Gasteiger charge is 2.20. The smallest absolute Gasteiger partial charge is 0.253 e. The van der Waals surface area contributed by atoms with Gasteiger partial charge in [-0.25, -0.2) is 14.5 Å². The number of pyridine rings is 1. The molecule has 3 N–H and O–H groups in total. The molecule has 4 rings (SSSR count). The number of nitrogens with one attached hydrogen (secondary N) is 1. The third-order valence-electron chi connectivity index (χ3n) is 4.60. The number of fused-ring (bicyclic) bond motifs is 1. The summed E-state index contributed by atoms with van der Waals surface area (Å²) in [6.45, 7) is 0.299. The van der Waals surface area contributed by atoms with E-state index in [9.17, 15) is 4.79 Å². The highest BCUT2D eigenvalue weighted by molar-refractivity contribution is 6.05. The second-order valence-corrected chi connectivity index (χ2v) is 6.43. The molecule has 30 heavy (non-hydrogen) atoms. The Balaban J connectivity index is 1.69. The van der Waals surface area contributed by atoms with Crippen LogP contribution in [0.4, 0.5) is 5.82 Å². The molecule has 1 aromatic carbocycles. The zero-order chi connectivity index (χ0) is 21.1. The summed E-state index contributed by atoms with van der Waals surface area (Å²) in [6.07, 6.45) is 2.95. The van der Waals surface area contributed by atoms with E-state index in [1.165, 1.54) is 13.4 Å². The van der Waals surface area contributed by atoms with Crippen molar-refractivity contribution in [1.82, 2.24) is 24.9 Å². The van der Waals surface area contributed by atoms with Crippen LogP contribution >= 0.6 is 0 Å². The maximum atomic E-state index is 13.0. The lowest BCUT2D eigenvalue weighted by Crippen LogP contribution is -2.23. The van der Waals surface area contributed by atoms with Gasteiger partial charge in [0.15, 0.2) is 5.82 Å². The zero-order valence-corrected chi connectivity index (χ0v) is 16.0. The van der Waals surface area contributed by atoms with Gasteiger partial charge >= 0.3 is 0 Å². The number of aromatic nitrogens is 4. The summed E-state index contributed by atoms with van der Waals surface area (Å²) in [4.78, 5) is 21.1. The maximum Gasteiger partial charge on any atom is 0.253 e. The number of nitrogens with two attached hydrogens (primary N) is 1. The first-order chi connectivity index (χ1) is 14.6. The molecule has 0 aliphatic carbocycles. The number of carbonyl (C=O) groups is 1. The van der Waals surface area contributed by atoms with Crippen molar-refractivity contribution in [3.05, 3.63) is 71.7 Å². The van der Waals surface area contributed by atoms with Crippen molar-refractivity contribution in [3.8, 4) is 23.2 Å². The molecule has 9 heteroatoms. The van der Waals surface area contributed by atoms with E-state index >= 15 is 0 Å². The summed E-state index contributed by atoms with van der Waals surface area (Å²) in [5.41, 5.74) is 9.68. The number of nitriles is 1. The maximum absolute atomic E-state index is 13.0. The molecule has 0 unspecified atom stereocenters. The summed E-state index contributed by atoms with van der Waals surface area (Å²) in [6, 6.07) is 14.3. The summed E-state index contributed by atoms with van der Waals surface area (Å²) in [7, 11) is 1.53. The Morgan fingerprint density at radius 2 is 2.03 bits per heavy atom. The minimum Gasteiger partial charge on any atom is -0.481 e. The first-order valence-corrected chi connectivity index (χ1v) is 9.00. The third kappa shape index (κ3) is 3.49. The van der Waals surface area contributed by atoms with Crippen LogP contribution in [0.3, 0.4) is 0 Å². The number of benzene rings is 1. The molecule has 0 fully saturated rings. The molecule has 148 valence electrons. The lowest BCUT2D eigenvalue weighted by molar-refractivity contribution is 0.0952. The normalized spacial score (nSPS) is 10.5. The number of methoxy groups -OCH3 is 1. The van der Waals surface area contributed by atoms with Crippen LogP contribution in [0.1, 0.15) is 21.5 Å². The molecule has 3 aromatic heterocycles. The molecular weight excluding hydrogens is 382 g/mol. The van der Waals surface area contributed by atoms with Crippen LogP contribution in [-0.2, 0) is 6.54 Å². The minimum absolute atomic E-state index is 0.195. The van der Waals surface area contributed by atoms with Crippen molar-refractivity contribution in [2.45, 2.75) is 6.54 Å². The van der Waals surface area contributed by atoms with Crippen LogP contribution in [-0.4, -0.2) is 32.6 Å². The molecule has 0 saturated heterocycles. The van der Waals surface area contributed by atoms with E-state index in [2.05, 4.69) is 26.5 Å². The number of anilines is 1. The van der Waals surface area contributed by atoms with Gasteiger partial charge in [0, 0.05) is 24.4 Å². The molecule has 0 atom stereocenters. The van der Waals surface area contributed by atoms with Gasteiger partial charge in [0.25, 0.3) is 5.91 Å². The van der Waals surface area contributed by atoms with Crippen molar-refractivity contribution in [2.24, 2.45) is 0 Å². The second kappa shape index (κ2) is 7.89. The number of rotatable bonds is 5. The van der Waals surface area contributed by atoms with Crippen LogP contribution in [0, 0.1) is 11.3 Å². The van der Waals surface area contributed by atoms with E-state index in [0.29, 0.717) is 34.8 Å². The highest BCUT2D eigenvalue weighted by atomic mass is 16.5. The van der Waals surface area contributed by atoms with E-state index in [1.807, 2.05) is 0 Å². The van der Waals surface area contributed by atoms with E-state index in [0.717, 1.165) is 11.1 Å². The van der Waals surface area contributed by atoms with Gasteiger partial charge in [-0.05, 0) is 29.8 Å². The molecule has 4 aromatic rings. The minimum atomic E-state index is -0.314. The number of nitrogen functional groups attached to an aromatic ring is 1. The van der Waals surface area contributed by atoms with Crippen molar-refractivity contribution < 1.29 is 9.53 Å². The van der Waals surface area contributed by atoms with Crippen molar-refractivity contribution >= 4 is 17.2 Å². The van der Waals surface area contributed by atoms with Crippen molar-refractivity contribution in [1.29, 1.82) is 5.26 Å². The molecule has 9 nitrogen and oxygen atoms in total. The number of hydrogen-bond donors (Lipinski definition) is 2. The van der Waals surface area contributed by atoms with Gasteiger partial charge in [-0.15, -0.1) is 0 Å². The fraction of sp³-hybridized carbons (Fsp3) is 0.0952. The number of hydrogen-bond acceptors (Lipinski definition) is 7. The van der Waals surface area contributed by atoms with Gasteiger partial charge in [0.05, 0.1) is 30.0 Å². The number of amides is 1. The SMILES string of the molecule is COc1cc(-c2cc(C(=O)NCc3ccc(C#N)cc3)c3c(N)ncnn23)ccn1. The Bertz CT molecular complexity index is 1270. The lowest BCUT2D eigenvalue weighted by atomic mass is 10.1. The molecule has 0 bridgehead atoms. The van der Waals surface area contributed by atoms with Crippen LogP contribution in [0.25, 0.3) is 16.8 Å². The Kier molecular flexibility index (Phi) is 4.97. The predicted octanol–water partition coefficient (Wildman–Crippen LogP) is 2.18. The topological polar surface area (TPSA) is 131 Å². The first kappa shape index (κ1) is 18.9. The summed E-state index contributed by atoms with van der Waals surface area (Å²) in [5.74, 6) is 0.322. The zero-order valence-electron chi connectivity index (χ0n) is 16.0. The predicted molar refractivity (Wildman–Crippen MR) is 110 cm³/mol. The second-order valence-electron chi connectivity index (χ2n) is 6.43. The quantitative estimate of drug-likeness (QED) is 0.526. The molecule has 0 saturated carbocycles. The first-order valence-electron chi connectivity index (χ1n) is 9.00. The van der Waals surface area contributed by atoms with Crippen LogP contribution < -0.4 is 15.8 Å². The monoisotopic (exact) mass is 399 g/mol. The summed E-state index contributed by atoms with van der Waals surface area (Å²) < 4.78 is 6.77. The number of nitrogens with zero attached hydrogens (tertiary/aromatic N) is 5. The number of carbonyl (C=O) groups excluding carboxylic acids is 1. The Morgan fingerprint density at radius 1 is 1.23 bits per heavy atom. The lowest BCUT2D eigenvalue weighted by Gasteiger charge is -2.06. The molecule has 3 heterocycles. The van der Waals surface area contributed by atoms with E-state index in [4.69, 9.17) is 15.7 Å². The molecule has 0 aliphatic heterocycles. The average molecular weight is 399 g/mol. The number of ether oxygens (including phenoxy) is 1. The van der Waals surface area contributed by atoms with Gasteiger partial charge in [0.2, 0.25) is 5.88 Å². The van der Waals surface area contributed by atoms with Gasteiger partial charge in [-0.1, -0.05) is 12.1 Å². The van der Waals surface area contributed by atoms with Gasteiger partial charge < -0.3 is 15.8 Å². The fourth-order valence-electron chi connectivity index (χ4n) is 3.10. The van der Waals surface area contributed by atoms with Gasteiger partial charge in [-0.3, -0.25) is 4.79 Å². The van der Waals surface area contributed by atoms with E-state index in [-0.39, 0.29) is 11.7 Å². The molecule has 0 spiro atoms. The van der Waals surface area contributed by atoms with E-state index in [1.54, 1.807) is 53.2 Å². The Labute approximate surface area is 171 Å². The largest absolute Gasteiger partial charge is 0.481 e. The summed E-state index contributed by atoms with van der Waals surface area (Å²) >= 11 is 0. The fourth-order valence-corrected chi connectivity index (χ4v) is 3.10. The standard InChI is InChI=1S/C21H17N7O2/c1-30-18-8-15(6-7-24-18)17-9-16(19-20(23)26-12-27-28(17)19)21(29)25-11-14-4-2-13(10-22)3-5-14/h2-9,12H,11H2,1H3,(H,25,29)(H2,23,26,27). The van der Waals surface area contributed by atoms with Crippen LogP contribution in [0.15, 0.2) is 55.0 Å². The van der Waals surface area contributed by atoms with Crippen molar-refractivity contribution in [2.75, 3.05) is 12.8 Å². The van der Waals surface area contributed by atoms with Gasteiger partial charge in [-0.2, -0.15) is 10.4 Å².